The fraction of sp³-hybridized carbons (Fsp3) is 0.250. The van der Waals surface area contributed by atoms with Crippen LogP contribution in [0.1, 0.15) is 51.7 Å². The molecule has 36 heavy (non-hydrogen) atoms. The molecule has 6 rings (SSSR count). The minimum atomic E-state index is -0.697. The van der Waals surface area contributed by atoms with Crippen LogP contribution in [-0.4, -0.2) is 15.5 Å². The molecule has 2 aromatic carbocycles. The predicted molar refractivity (Wildman–Crippen MR) is 133 cm³/mol. The minimum absolute atomic E-state index is 0.204. The number of thiophene rings is 1. The molecule has 0 bridgehead atoms. The van der Waals surface area contributed by atoms with Crippen LogP contribution in [0.5, 0.6) is 0 Å². The maximum absolute atomic E-state index is 14.4. The third-order valence-electron chi connectivity index (χ3n) is 7.00. The first-order valence-corrected chi connectivity index (χ1v) is 12.9. The van der Waals surface area contributed by atoms with Gasteiger partial charge in [-0.2, -0.15) is 0 Å². The van der Waals surface area contributed by atoms with Crippen LogP contribution in [0.4, 0.5) is 18.0 Å². The SMILES string of the molecule is O=C(NCc1ccc(F)cc1)N1Cc2c(sc3c2CCCC3)-n2cccc2[C@@H]1c1cc(F)cc(F)c1. The summed E-state index contributed by atoms with van der Waals surface area (Å²) in [6.45, 7) is 0.524. The largest absolute Gasteiger partial charge is 0.334 e. The Bertz CT molecular complexity index is 1420. The smallest absolute Gasteiger partial charge is 0.318 e. The van der Waals surface area contributed by atoms with Gasteiger partial charge in [-0.3, -0.25) is 0 Å². The van der Waals surface area contributed by atoms with Gasteiger partial charge in [0.25, 0.3) is 0 Å². The standard InChI is InChI=1S/C28H24F3N3OS/c29-19-9-7-17(8-10-19)15-32-28(35)34-16-23-22-4-1-2-6-25(22)36-27(23)33-11-3-5-24(33)26(34)18-12-20(30)14-21(31)13-18/h3,5,7-14,26H,1-2,4,6,15-16H2,(H,32,35)/t26-/m0/s1. The number of fused-ring (bicyclic) bond motifs is 5. The van der Waals surface area contributed by atoms with E-state index < -0.39 is 17.7 Å². The summed E-state index contributed by atoms with van der Waals surface area (Å²) in [5, 5.41) is 4.01. The third-order valence-corrected chi connectivity index (χ3v) is 8.33. The van der Waals surface area contributed by atoms with Crippen molar-refractivity contribution in [3.8, 4) is 5.00 Å². The molecule has 0 radical (unpaired) electrons. The molecule has 3 heterocycles. The van der Waals surface area contributed by atoms with Gasteiger partial charge in [-0.05, 0) is 78.8 Å². The molecule has 0 saturated heterocycles. The van der Waals surface area contributed by atoms with Gasteiger partial charge in [0.05, 0.1) is 12.2 Å². The first-order chi connectivity index (χ1) is 17.5. The Hall–Kier alpha value is -3.52. The number of nitrogens with one attached hydrogen (secondary N) is 1. The maximum atomic E-state index is 14.4. The fourth-order valence-corrected chi connectivity index (χ4v) is 6.76. The molecule has 1 aliphatic heterocycles. The lowest BCUT2D eigenvalue weighted by Gasteiger charge is -2.31. The van der Waals surface area contributed by atoms with Crippen molar-refractivity contribution in [2.24, 2.45) is 0 Å². The fourth-order valence-electron chi connectivity index (χ4n) is 5.35. The van der Waals surface area contributed by atoms with Crippen molar-refractivity contribution >= 4 is 17.4 Å². The number of aryl methyl sites for hydroxylation is 1. The molecule has 0 saturated carbocycles. The van der Waals surface area contributed by atoms with Crippen molar-refractivity contribution in [1.29, 1.82) is 0 Å². The average Bonchev–Trinajstić information content (AvgIpc) is 3.44. The monoisotopic (exact) mass is 507 g/mol. The van der Waals surface area contributed by atoms with Gasteiger partial charge in [0, 0.05) is 29.2 Å². The van der Waals surface area contributed by atoms with Gasteiger partial charge in [0.1, 0.15) is 28.5 Å². The molecule has 8 heteroatoms. The second kappa shape index (κ2) is 9.17. The lowest BCUT2D eigenvalue weighted by molar-refractivity contribution is 0.179. The van der Waals surface area contributed by atoms with Crippen molar-refractivity contribution in [3.63, 3.8) is 0 Å². The van der Waals surface area contributed by atoms with E-state index in [1.807, 2.05) is 18.3 Å². The lowest BCUT2D eigenvalue weighted by atomic mass is 9.95. The van der Waals surface area contributed by atoms with Crippen molar-refractivity contribution in [1.82, 2.24) is 14.8 Å². The molecular weight excluding hydrogens is 483 g/mol. The lowest BCUT2D eigenvalue weighted by Crippen LogP contribution is -2.42. The van der Waals surface area contributed by atoms with E-state index in [4.69, 9.17) is 0 Å². The van der Waals surface area contributed by atoms with E-state index in [1.165, 1.54) is 34.7 Å². The highest BCUT2D eigenvalue weighted by Crippen LogP contribution is 2.44. The van der Waals surface area contributed by atoms with Gasteiger partial charge in [0.2, 0.25) is 0 Å². The molecule has 2 aromatic heterocycles. The summed E-state index contributed by atoms with van der Waals surface area (Å²) in [5.74, 6) is -1.72. The van der Waals surface area contributed by atoms with Crippen LogP contribution >= 0.6 is 11.3 Å². The third kappa shape index (κ3) is 4.09. The number of aromatic nitrogens is 1. The zero-order valence-corrected chi connectivity index (χ0v) is 20.3. The number of nitrogens with zero attached hydrogens (tertiary/aromatic N) is 2. The number of amides is 2. The summed E-state index contributed by atoms with van der Waals surface area (Å²) in [7, 11) is 0. The van der Waals surface area contributed by atoms with Gasteiger partial charge in [-0.1, -0.05) is 12.1 Å². The van der Waals surface area contributed by atoms with Crippen LogP contribution in [0.15, 0.2) is 60.8 Å². The number of hydrogen-bond donors (Lipinski definition) is 1. The van der Waals surface area contributed by atoms with Crippen LogP contribution in [-0.2, 0) is 25.9 Å². The minimum Gasteiger partial charge on any atom is -0.334 e. The Morgan fingerprint density at radius 1 is 0.944 bits per heavy atom. The summed E-state index contributed by atoms with van der Waals surface area (Å²) >= 11 is 1.75. The molecule has 0 unspecified atom stereocenters. The van der Waals surface area contributed by atoms with Crippen LogP contribution in [0.3, 0.4) is 0 Å². The molecule has 4 aromatic rings. The van der Waals surface area contributed by atoms with E-state index in [9.17, 15) is 18.0 Å². The number of hydrogen-bond acceptors (Lipinski definition) is 2. The highest BCUT2D eigenvalue weighted by molar-refractivity contribution is 7.15. The Morgan fingerprint density at radius 2 is 1.69 bits per heavy atom. The van der Waals surface area contributed by atoms with E-state index in [1.54, 1.807) is 28.4 Å². The normalized spacial score (nSPS) is 16.6. The number of carbonyl (C=O) groups excluding carboxylic acids is 1. The molecule has 0 fully saturated rings. The Balaban J connectivity index is 1.45. The Kier molecular flexibility index (Phi) is 5.84. The second-order valence-corrected chi connectivity index (χ2v) is 10.4. The van der Waals surface area contributed by atoms with E-state index in [-0.39, 0.29) is 18.4 Å². The van der Waals surface area contributed by atoms with Gasteiger partial charge in [0.15, 0.2) is 0 Å². The van der Waals surface area contributed by atoms with Gasteiger partial charge >= 0.3 is 6.03 Å². The number of urea groups is 1. The first kappa shape index (κ1) is 22.9. The van der Waals surface area contributed by atoms with E-state index in [2.05, 4.69) is 9.88 Å². The molecule has 2 amide bonds. The van der Waals surface area contributed by atoms with Gasteiger partial charge < -0.3 is 14.8 Å². The Labute approximate surface area is 211 Å². The molecule has 1 aliphatic carbocycles. The topological polar surface area (TPSA) is 37.3 Å². The van der Waals surface area contributed by atoms with E-state index in [0.29, 0.717) is 12.1 Å². The quantitative estimate of drug-likeness (QED) is 0.331. The molecule has 4 nitrogen and oxygen atoms in total. The number of benzene rings is 2. The summed E-state index contributed by atoms with van der Waals surface area (Å²) in [6.07, 6.45) is 6.20. The number of halogens is 3. The van der Waals surface area contributed by atoms with E-state index in [0.717, 1.165) is 53.6 Å². The molecular formula is C28H24F3N3OS. The van der Waals surface area contributed by atoms with Crippen molar-refractivity contribution < 1.29 is 18.0 Å². The van der Waals surface area contributed by atoms with Crippen molar-refractivity contribution in [3.05, 3.63) is 111 Å². The summed E-state index contributed by atoms with van der Waals surface area (Å²) in [5.41, 5.74) is 4.29. The summed E-state index contributed by atoms with van der Waals surface area (Å²) in [6, 6.07) is 12.1. The number of rotatable bonds is 3. The van der Waals surface area contributed by atoms with Crippen molar-refractivity contribution in [2.75, 3.05) is 0 Å². The molecule has 1 N–H and O–H groups in total. The summed E-state index contributed by atoms with van der Waals surface area (Å²) < 4.78 is 44.1. The zero-order chi connectivity index (χ0) is 24.8. The zero-order valence-electron chi connectivity index (χ0n) is 19.4. The van der Waals surface area contributed by atoms with Crippen LogP contribution < -0.4 is 5.32 Å². The van der Waals surface area contributed by atoms with Gasteiger partial charge in [-0.25, -0.2) is 18.0 Å². The molecule has 1 atom stereocenters. The summed E-state index contributed by atoms with van der Waals surface area (Å²) in [4.78, 5) is 16.7. The van der Waals surface area contributed by atoms with Crippen molar-refractivity contribution in [2.45, 2.75) is 44.8 Å². The highest BCUT2D eigenvalue weighted by atomic mass is 32.1. The first-order valence-electron chi connectivity index (χ1n) is 12.0. The molecule has 0 spiro atoms. The van der Waals surface area contributed by atoms with E-state index >= 15 is 0 Å². The maximum Gasteiger partial charge on any atom is 0.318 e. The average molecular weight is 508 g/mol. The number of carbonyl (C=O) groups is 1. The predicted octanol–water partition coefficient (Wildman–Crippen LogP) is 6.65. The van der Waals surface area contributed by atoms with Crippen LogP contribution in [0.2, 0.25) is 0 Å². The highest BCUT2D eigenvalue weighted by Gasteiger charge is 2.36. The van der Waals surface area contributed by atoms with Gasteiger partial charge in [-0.15, -0.1) is 11.3 Å². The second-order valence-electron chi connectivity index (χ2n) is 9.32. The Morgan fingerprint density at radius 3 is 2.47 bits per heavy atom. The van der Waals surface area contributed by atoms with Crippen LogP contribution in [0.25, 0.3) is 5.00 Å². The molecule has 184 valence electrons. The molecule has 2 aliphatic rings. The van der Waals surface area contributed by atoms with Crippen LogP contribution in [0, 0.1) is 17.5 Å².